The van der Waals surface area contributed by atoms with Crippen LogP contribution in [0.3, 0.4) is 0 Å². The number of rotatable bonds is 4. The summed E-state index contributed by atoms with van der Waals surface area (Å²) >= 11 is 1.56. The van der Waals surface area contributed by atoms with E-state index in [1.807, 2.05) is 26.0 Å². The minimum absolute atomic E-state index is 0.396. The first-order valence-corrected chi connectivity index (χ1v) is 7.76. The highest BCUT2D eigenvalue weighted by Gasteiger charge is 2.12. The molecule has 2 N–H and O–H groups in total. The van der Waals surface area contributed by atoms with Crippen molar-refractivity contribution < 1.29 is 4.84 Å². The summed E-state index contributed by atoms with van der Waals surface area (Å²) < 4.78 is 0. The predicted molar refractivity (Wildman–Crippen MR) is 91.6 cm³/mol. The average Bonchev–Trinajstić information content (AvgIpc) is 2.97. The number of aromatic nitrogens is 3. The molecular weight excluding hydrogens is 310 g/mol. The molecule has 0 radical (unpaired) electrons. The highest BCUT2D eigenvalue weighted by molar-refractivity contribution is 7.17. The van der Waals surface area contributed by atoms with Crippen molar-refractivity contribution in [2.75, 3.05) is 5.73 Å². The number of anilines is 1. The first-order chi connectivity index (χ1) is 11.1. The topological polar surface area (TPSA) is 86.3 Å². The van der Waals surface area contributed by atoms with E-state index in [4.69, 9.17) is 10.6 Å². The second-order valence-corrected chi connectivity index (χ2v) is 5.87. The number of thiazole rings is 1. The molecule has 3 aromatic rings. The normalized spacial score (nSPS) is 11.5. The molecule has 0 aliphatic rings. The van der Waals surface area contributed by atoms with Crippen molar-refractivity contribution in [2.45, 2.75) is 13.8 Å². The molecule has 3 heterocycles. The Hall–Kier alpha value is -2.80. The Morgan fingerprint density at radius 1 is 1.26 bits per heavy atom. The van der Waals surface area contributed by atoms with Crippen molar-refractivity contribution >= 4 is 22.7 Å². The fourth-order valence-electron chi connectivity index (χ4n) is 1.95. The van der Waals surface area contributed by atoms with Crippen LogP contribution in [-0.4, -0.2) is 20.7 Å². The van der Waals surface area contributed by atoms with E-state index < -0.39 is 0 Å². The Morgan fingerprint density at radius 2 is 2.13 bits per heavy atom. The lowest BCUT2D eigenvalue weighted by Crippen LogP contribution is -1.98. The Balaban J connectivity index is 1.82. The summed E-state index contributed by atoms with van der Waals surface area (Å²) in [6, 6.07) is 7.26. The molecule has 0 unspecified atom stereocenters. The maximum atomic E-state index is 5.59. The molecule has 3 aromatic heterocycles. The summed E-state index contributed by atoms with van der Waals surface area (Å²) in [5.41, 5.74) is 8.80. The van der Waals surface area contributed by atoms with Gasteiger partial charge in [0.05, 0.1) is 28.2 Å². The van der Waals surface area contributed by atoms with Gasteiger partial charge in [-0.2, -0.15) is 0 Å². The standard InChI is InChI=1S/C16H15N5OS/c1-10-15(23-16(20-10)12-4-3-7-18-8-12)11(2)21-22-14-6-5-13(17)9-19-14/h3-9H,17H2,1-2H3/b21-11+. The fraction of sp³-hybridized carbons (Fsp3) is 0.125. The third kappa shape index (κ3) is 3.51. The second-order valence-electron chi connectivity index (χ2n) is 4.87. The first-order valence-electron chi connectivity index (χ1n) is 6.95. The van der Waals surface area contributed by atoms with Crippen molar-refractivity contribution in [3.8, 4) is 16.5 Å². The number of hydrogen-bond donors (Lipinski definition) is 1. The summed E-state index contributed by atoms with van der Waals surface area (Å²) in [6.45, 7) is 3.83. The Labute approximate surface area is 137 Å². The largest absolute Gasteiger partial charge is 0.397 e. The van der Waals surface area contributed by atoms with E-state index in [2.05, 4.69) is 20.1 Å². The number of nitrogens with two attached hydrogens (primary N) is 1. The minimum atomic E-state index is 0.396. The van der Waals surface area contributed by atoms with E-state index in [1.165, 1.54) is 6.20 Å². The van der Waals surface area contributed by atoms with Gasteiger partial charge >= 0.3 is 0 Å². The van der Waals surface area contributed by atoms with Crippen molar-refractivity contribution in [3.05, 3.63) is 53.4 Å². The summed E-state index contributed by atoms with van der Waals surface area (Å²) in [4.78, 5) is 19.1. The van der Waals surface area contributed by atoms with Crippen LogP contribution >= 0.6 is 11.3 Å². The molecule has 6 nitrogen and oxygen atoms in total. The maximum absolute atomic E-state index is 5.59. The fourth-order valence-corrected chi connectivity index (χ4v) is 2.94. The summed E-state index contributed by atoms with van der Waals surface area (Å²) in [5.74, 6) is 0.396. The van der Waals surface area contributed by atoms with Gasteiger partial charge in [-0.25, -0.2) is 9.97 Å². The van der Waals surface area contributed by atoms with Crippen LogP contribution in [0, 0.1) is 6.92 Å². The SMILES string of the molecule is C/C(=N\Oc1ccc(N)cn1)c1sc(-c2cccnc2)nc1C. The molecule has 0 saturated heterocycles. The summed E-state index contributed by atoms with van der Waals surface area (Å²) in [7, 11) is 0. The second kappa shape index (κ2) is 6.53. The zero-order chi connectivity index (χ0) is 16.2. The van der Waals surface area contributed by atoms with Crippen LogP contribution in [0.2, 0.25) is 0 Å². The summed E-state index contributed by atoms with van der Waals surface area (Å²) in [5, 5.41) is 5.04. The molecule has 116 valence electrons. The van der Waals surface area contributed by atoms with Crippen LogP contribution in [0.4, 0.5) is 5.69 Å². The van der Waals surface area contributed by atoms with Crippen LogP contribution in [0.15, 0.2) is 48.0 Å². The van der Waals surface area contributed by atoms with E-state index in [1.54, 1.807) is 35.9 Å². The van der Waals surface area contributed by atoms with Gasteiger partial charge in [0.15, 0.2) is 0 Å². The van der Waals surface area contributed by atoms with Crippen LogP contribution in [0.1, 0.15) is 17.5 Å². The molecule has 0 aromatic carbocycles. The molecule has 0 fully saturated rings. The number of nitrogens with zero attached hydrogens (tertiary/aromatic N) is 4. The highest BCUT2D eigenvalue weighted by atomic mass is 32.1. The summed E-state index contributed by atoms with van der Waals surface area (Å²) in [6.07, 6.45) is 5.06. The Morgan fingerprint density at radius 3 is 2.83 bits per heavy atom. The van der Waals surface area contributed by atoms with Gasteiger partial charge in [-0.1, -0.05) is 5.16 Å². The number of hydrogen-bond acceptors (Lipinski definition) is 7. The van der Waals surface area contributed by atoms with Crippen LogP contribution in [-0.2, 0) is 0 Å². The molecule has 0 aliphatic carbocycles. The van der Waals surface area contributed by atoms with Gasteiger partial charge in [-0.15, -0.1) is 11.3 Å². The van der Waals surface area contributed by atoms with Crippen LogP contribution in [0.5, 0.6) is 5.88 Å². The number of oxime groups is 1. The zero-order valence-electron chi connectivity index (χ0n) is 12.7. The lowest BCUT2D eigenvalue weighted by atomic mass is 10.3. The van der Waals surface area contributed by atoms with Gasteiger partial charge < -0.3 is 10.6 Å². The highest BCUT2D eigenvalue weighted by Crippen LogP contribution is 2.27. The predicted octanol–water partition coefficient (Wildman–Crippen LogP) is 3.29. The smallest absolute Gasteiger partial charge is 0.248 e. The average molecular weight is 325 g/mol. The van der Waals surface area contributed by atoms with Crippen LogP contribution in [0.25, 0.3) is 10.6 Å². The molecular formula is C16H15N5OS. The molecule has 0 saturated carbocycles. The quantitative estimate of drug-likeness (QED) is 0.587. The van der Waals surface area contributed by atoms with E-state index in [-0.39, 0.29) is 0 Å². The molecule has 0 atom stereocenters. The third-order valence-electron chi connectivity index (χ3n) is 3.07. The lowest BCUT2D eigenvalue weighted by Gasteiger charge is -2.00. The Kier molecular flexibility index (Phi) is 4.29. The van der Waals surface area contributed by atoms with E-state index in [9.17, 15) is 0 Å². The number of pyridine rings is 2. The number of aryl methyl sites for hydroxylation is 1. The monoisotopic (exact) mass is 325 g/mol. The molecule has 7 heteroatoms. The lowest BCUT2D eigenvalue weighted by molar-refractivity contribution is 0.327. The van der Waals surface area contributed by atoms with Crippen molar-refractivity contribution in [1.29, 1.82) is 0 Å². The molecule has 0 bridgehead atoms. The van der Waals surface area contributed by atoms with Crippen molar-refractivity contribution in [2.24, 2.45) is 5.16 Å². The van der Waals surface area contributed by atoms with E-state index >= 15 is 0 Å². The van der Waals surface area contributed by atoms with E-state index in [0.717, 1.165) is 26.9 Å². The van der Waals surface area contributed by atoms with Crippen molar-refractivity contribution in [3.63, 3.8) is 0 Å². The molecule has 23 heavy (non-hydrogen) atoms. The van der Waals surface area contributed by atoms with Gasteiger partial charge in [0.25, 0.3) is 0 Å². The number of nitrogen functional groups attached to an aromatic ring is 1. The van der Waals surface area contributed by atoms with Gasteiger partial charge in [0, 0.05) is 24.0 Å². The molecule has 0 amide bonds. The molecule has 3 rings (SSSR count). The van der Waals surface area contributed by atoms with Gasteiger partial charge in [-0.05, 0) is 32.0 Å². The first kappa shape index (κ1) is 15.1. The van der Waals surface area contributed by atoms with Gasteiger partial charge in [0.2, 0.25) is 5.88 Å². The van der Waals surface area contributed by atoms with E-state index in [0.29, 0.717) is 11.6 Å². The maximum Gasteiger partial charge on any atom is 0.248 e. The Bertz CT molecular complexity index is 827. The van der Waals surface area contributed by atoms with Crippen LogP contribution < -0.4 is 10.6 Å². The minimum Gasteiger partial charge on any atom is -0.397 e. The van der Waals surface area contributed by atoms with Crippen molar-refractivity contribution in [1.82, 2.24) is 15.0 Å². The molecule has 0 aliphatic heterocycles. The van der Waals surface area contributed by atoms with Gasteiger partial charge in [0.1, 0.15) is 5.01 Å². The zero-order valence-corrected chi connectivity index (χ0v) is 13.5. The van der Waals surface area contributed by atoms with Gasteiger partial charge in [-0.3, -0.25) is 4.98 Å². The molecule has 0 spiro atoms. The third-order valence-corrected chi connectivity index (χ3v) is 4.38.